The van der Waals surface area contributed by atoms with Crippen LogP contribution in [0, 0.1) is 22.6 Å². The van der Waals surface area contributed by atoms with Gasteiger partial charge in [-0.1, -0.05) is 32.4 Å². The summed E-state index contributed by atoms with van der Waals surface area (Å²) in [6.45, 7) is 11.3. The molecule has 2 N–H and O–H groups in total. The highest BCUT2D eigenvalue weighted by molar-refractivity contribution is 6.30. The number of rotatable bonds is 4. The van der Waals surface area contributed by atoms with E-state index in [9.17, 15) is 9.18 Å². The van der Waals surface area contributed by atoms with Gasteiger partial charge in [-0.05, 0) is 32.3 Å². The molecule has 1 aromatic heterocycles. The summed E-state index contributed by atoms with van der Waals surface area (Å²) in [5, 5.41) is 14.4. The smallest absolute Gasteiger partial charge is 0.407 e. The predicted molar refractivity (Wildman–Crippen MR) is 95.0 cm³/mol. The second-order valence-corrected chi connectivity index (χ2v) is 8.07. The first-order valence-electron chi connectivity index (χ1n) is 7.83. The molecule has 1 rings (SSSR count). The van der Waals surface area contributed by atoms with Crippen LogP contribution in [-0.2, 0) is 4.74 Å². The van der Waals surface area contributed by atoms with Gasteiger partial charge in [-0.2, -0.15) is 5.26 Å². The van der Waals surface area contributed by atoms with Crippen molar-refractivity contribution in [3.63, 3.8) is 0 Å². The molecule has 0 aliphatic heterocycles. The molecule has 138 valence electrons. The summed E-state index contributed by atoms with van der Waals surface area (Å²) >= 11 is 5.87. The molecular weight excluding hydrogens is 347 g/mol. The number of nitrogens with one attached hydrogen (secondary N) is 2. The van der Waals surface area contributed by atoms with Gasteiger partial charge in [0.05, 0.1) is 5.56 Å². The number of amides is 1. The van der Waals surface area contributed by atoms with Crippen molar-refractivity contribution in [2.45, 2.75) is 53.2 Å². The van der Waals surface area contributed by atoms with Crippen LogP contribution in [0.15, 0.2) is 6.07 Å². The van der Waals surface area contributed by atoms with Crippen LogP contribution in [0.5, 0.6) is 0 Å². The highest BCUT2D eigenvalue weighted by Gasteiger charge is 2.27. The maximum absolute atomic E-state index is 14.1. The van der Waals surface area contributed by atoms with Gasteiger partial charge in [0, 0.05) is 12.6 Å². The molecule has 1 amide bonds. The third-order valence-electron chi connectivity index (χ3n) is 3.26. The average Bonchev–Trinajstić information content (AvgIpc) is 2.43. The van der Waals surface area contributed by atoms with E-state index >= 15 is 0 Å². The Bertz CT molecular complexity index is 675. The van der Waals surface area contributed by atoms with Gasteiger partial charge in [0.25, 0.3) is 0 Å². The van der Waals surface area contributed by atoms with Crippen LogP contribution >= 0.6 is 11.6 Å². The minimum atomic E-state index is -0.688. The SMILES string of the molecule is CC(C)(C)OC(=O)NC[C@H](Nc1nc(Cl)c(C#N)cc1F)C(C)(C)C. The standard InChI is InChI=1S/C17H24ClFN4O2/c1-16(2,3)12(9-21-15(24)25-17(4,5)6)22-14-11(19)7-10(8-20)13(18)23-14/h7,12H,9H2,1-6H3,(H,21,24)(H,22,23)/t12-/m0/s1. The summed E-state index contributed by atoms with van der Waals surface area (Å²) in [7, 11) is 0. The summed E-state index contributed by atoms with van der Waals surface area (Å²) in [5.74, 6) is -0.762. The summed E-state index contributed by atoms with van der Waals surface area (Å²) in [4.78, 5) is 15.7. The molecular formula is C17H24ClFN4O2. The Morgan fingerprint density at radius 1 is 1.40 bits per heavy atom. The van der Waals surface area contributed by atoms with E-state index in [1.807, 2.05) is 20.8 Å². The molecule has 25 heavy (non-hydrogen) atoms. The van der Waals surface area contributed by atoms with E-state index in [1.165, 1.54) is 0 Å². The number of alkyl carbamates (subject to hydrolysis) is 1. The molecule has 0 bridgehead atoms. The minimum absolute atomic E-state index is 0.0381. The molecule has 0 radical (unpaired) electrons. The number of ether oxygens (including phenoxy) is 1. The molecule has 1 aromatic rings. The maximum atomic E-state index is 14.1. The van der Waals surface area contributed by atoms with Crippen molar-refractivity contribution >= 4 is 23.5 Å². The second kappa shape index (κ2) is 7.87. The zero-order valence-electron chi connectivity index (χ0n) is 15.3. The van der Waals surface area contributed by atoms with Crippen molar-refractivity contribution in [1.29, 1.82) is 5.26 Å². The number of carbonyl (C=O) groups is 1. The molecule has 0 unspecified atom stereocenters. The van der Waals surface area contributed by atoms with Gasteiger partial charge in [0.2, 0.25) is 0 Å². The maximum Gasteiger partial charge on any atom is 0.407 e. The number of anilines is 1. The van der Waals surface area contributed by atoms with E-state index in [0.29, 0.717) is 0 Å². The van der Waals surface area contributed by atoms with Gasteiger partial charge in [-0.25, -0.2) is 14.2 Å². The van der Waals surface area contributed by atoms with E-state index in [1.54, 1.807) is 26.8 Å². The van der Waals surface area contributed by atoms with Crippen LogP contribution in [0.2, 0.25) is 5.15 Å². The van der Waals surface area contributed by atoms with Crippen molar-refractivity contribution in [2.24, 2.45) is 5.41 Å². The summed E-state index contributed by atoms with van der Waals surface area (Å²) in [6.07, 6.45) is -0.560. The largest absolute Gasteiger partial charge is 0.444 e. The average molecular weight is 371 g/mol. The summed E-state index contributed by atoms with van der Waals surface area (Å²) in [6, 6.07) is 2.44. The topological polar surface area (TPSA) is 87.0 Å². The fraction of sp³-hybridized carbons (Fsp3) is 0.588. The normalized spacial score (nSPS) is 12.9. The monoisotopic (exact) mass is 370 g/mol. The van der Waals surface area contributed by atoms with Gasteiger partial charge in [0.1, 0.15) is 16.8 Å². The van der Waals surface area contributed by atoms with Crippen LogP contribution in [0.3, 0.4) is 0 Å². The van der Waals surface area contributed by atoms with Gasteiger partial charge in [-0.3, -0.25) is 0 Å². The zero-order valence-corrected chi connectivity index (χ0v) is 16.1. The van der Waals surface area contributed by atoms with Gasteiger partial charge >= 0.3 is 6.09 Å². The van der Waals surface area contributed by atoms with Crippen LogP contribution < -0.4 is 10.6 Å². The van der Waals surface area contributed by atoms with E-state index in [-0.39, 0.29) is 34.5 Å². The fourth-order valence-corrected chi connectivity index (χ4v) is 2.07. The van der Waals surface area contributed by atoms with Crippen LogP contribution in [-0.4, -0.2) is 29.3 Å². The first kappa shape index (κ1) is 21.0. The predicted octanol–water partition coefficient (Wildman–Crippen LogP) is 4.10. The Labute approximate surface area is 152 Å². The minimum Gasteiger partial charge on any atom is -0.444 e. The number of halogens is 2. The van der Waals surface area contributed by atoms with Crippen molar-refractivity contribution in [3.8, 4) is 6.07 Å². The van der Waals surface area contributed by atoms with Crippen LogP contribution in [0.4, 0.5) is 15.0 Å². The highest BCUT2D eigenvalue weighted by Crippen LogP contribution is 2.25. The molecule has 0 aliphatic rings. The lowest BCUT2D eigenvalue weighted by Gasteiger charge is -2.32. The third-order valence-corrected chi connectivity index (χ3v) is 3.54. The number of nitrogens with zero attached hydrogens (tertiary/aromatic N) is 2. The molecule has 0 spiro atoms. The fourth-order valence-electron chi connectivity index (χ4n) is 1.88. The zero-order chi connectivity index (χ0) is 19.4. The lowest BCUT2D eigenvalue weighted by Crippen LogP contribution is -2.45. The van der Waals surface area contributed by atoms with Crippen molar-refractivity contribution in [3.05, 3.63) is 22.6 Å². The lowest BCUT2D eigenvalue weighted by molar-refractivity contribution is 0.0520. The van der Waals surface area contributed by atoms with Crippen molar-refractivity contribution in [2.75, 3.05) is 11.9 Å². The molecule has 0 saturated heterocycles. The van der Waals surface area contributed by atoms with Crippen LogP contribution in [0.25, 0.3) is 0 Å². The van der Waals surface area contributed by atoms with Gasteiger partial charge in [-0.15, -0.1) is 0 Å². The van der Waals surface area contributed by atoms with Crippen molar-refractivity contribution in [1.82, 2.24) is 10.3 Å². The molecule has 0 aromatic carbocycles. The Morgan fingerprint density at radius 3 is 2.48 bits per heavy atom. The lowest BCUT2D eigenvalue weighted by atomic mass is 9.86. The van der Waals surface area contributed by atoms with E-state index in [4.69, 9.17) is 21.6 Å². The van der Waals surface area contributed by atoms with Crippen LogP contribution in [0.1, 0.15) is 47.1 Å². The molecule has 1 heterocycles. The molecule has 8 heteroatoms. The van der Waals surface area contributed by atoms with E-state index in [0.717, 1.165) is 6.07 Å². The van der Waals surface area contributed by atoms with E-state index < -0.39 is 17.5 Å². The quantitative estimate of drug-likeness (QED) is 0.779. The first-order chi connectivity index (χ1) is 11.3. The number of nitriles is 1. The molecule has 6 nitrogen and oxygen atoms in total. The summed E-state index contributed by atoms with van der Waals surface area (Å²) < 4.78 is 19.3. The second-order valence-electron chi connectivity index (χ2n) is 7.71. The van der Waals surface area contributed by atoms with Gasteiger partial charge in [0.15, 0.2) is 11.6 Å². The number of hydrogen-bond acceptors (Lipinski definition) is 5. The molecule has 0 aliphatic carbocycles. The molecule has 1 atom stereocenters. The van der Waals surface area contributed by atoms with E-state index in [2.05, 4.69) is 15.6 Å². The Kier molecular flexibility index (Phi) is 6.61. The Hall–Kier alpha value is -2.07. The number of aromatic nitrogens is 1. The molecule has 0 fully saturated rings. The highest BCUT2D eigenvalue weighted by atomic mass is 35.5. The first-order valence-corrected chi connectivity index (χ1v) is 8.21. The summed E-state index contributed by atoms with van der Waals surface area (Å²) in [5.41, 5.74) is -0.976. The molecule has 0 saturated carbocycles. The number of carbonyl (C=O) groups excluding carboxylic acids is 1. The number of pyridine rings is 1. The third kappa shape index (κ3) is 6.75. The van der Waals surface area contributed by atoms with Crippen molar-refractivity contribution < 1.29 is 13.9 Å². The Morgan fingerprint density at radius 2 is 2.00 bits per heavy atom. The number of hydrogen-bond donors (Lipinski definition) is 2. The Balaban J connectivity index is 2.90. The van der Waals surface area contributed by atoms with Gasteiger partial charge < -0.3 is 15.4 Å².